The second-order valence-electron chi connectivity index (χ2n) is 13.1. The van der Waals surface area contributed by atoms with Crippen molar-refractivity contribution in [2.75, 3.05) is 39.3 Å². The van der Waals surface area contributed by atoms with Crippen LogP contribution in [-0.4, -0.2) is 76.9 Å². The van der Waals surface area contributed by atoms with Gasteiger partial charge in [0.25, 0.3) is 0 Å². The van der Waals surface area contributed by atoms with Crippen LogP contribution in [0.4, 0.5) is 0 Å². The molecule has 3 saturated heterocycles. The van der Waals surface area contributed by atoms with E-state index in [1.165, 1.54) is 108 Å². The van der Waals surface area contributed by atoms with E-state index in [9.17, 15) is 0 Å². The zero-order chi connectivity index (χ0) is 33.1. The van der Waals surface area contributed by atoms with Gasteiger partial charge in [-0.25, -0.2) is 0 Å². The Labute approximate surface area is 326 Å². The van der Waals surface area contributed by atoms with Gasteiger partial charge in [-0.05, 0) is 57.3 Å². The Kier molecular flexibility index (Phi) is 21.6. The molecule has 0 aromatic heterocycles. The van der Waals surface area contributed by atoms with Crippen LogP contribution in [0.2, 0.25) is 0 Å². The van der Waals surface area contributed by atoms with Crippen molar-refractivity contribution in [3.8, 4) is 0 Å². The van der Waals surface area contributed by atoms with Crippen molar-refractivity contribution in [2.24, 2.45) is 32.2 Å². The van der Waals surface area contributed by atoms with Crippen LogP contribution in [0.5, 0.6) is 0 Å². The molecule has 2 aliphatic carbocycles. The summed E-state index contributed by atoms with van der Waals surface area (Å²) in [5.41, 5.74) is 3.29. The fraction of sp³-hybridized carbons (Fsp3) is 0.765. The molecule has 1 atom stereocenters. The Morgan fingerprint density at radius 2 is 1.21 bits per heavy atom. The average molecular weight is 837 g/mol. The summed E-state index contributed by atoms with van der Waals surface area (Å²) in [6, 6.07) is 0.307. The minimum atomic E-state index is 0. The molecular formula is C34H54Cl2Cu2N8S2. The second kappa shape index (κ2) is 24.7. The summed E-state index contributed by atoms with van der Waals surface area (Å²) in [6.45, 7) is 5.87. The molecule has 14 heteroatoms. The average Bonchev–Trinajstić information content (AvgIpc) is 3.87. The molecule has 0 aromatic carbocycles. The minimum Gasteiger partial charge on any atom is -0.741 e. The van der Waals surface area contributed by atoms with Crippen molar-refractivity contribution in [3.05, 3.63) is 34.6 Å². The smallest absolute Gasteiger partial charge is 0.741 e. The van der Waals surface area contributed by atoms with E-state index in [0.717, 1.165) is 70.2 Å². The van der Waals surface area contributed by atoms with Crippen LogP contribution in [-0.2, 0) is 55.5 Å². The zero-order valence-electron chi connectivity index (χ0n) is 28.0. The van der Waals surface area contributed by atoms with Gasteiger partial charge in [-0.1, -0.05) is 76.0 Å². The van der Waals surface area contributed by atoms with Crippen LogP contribution >= 0.6 is 0 Å². The van der Waals surface area contributed by atoms with Crippen molar-refractivity contribution in [2.45, 2.75) is 115 Å². The monoisotopic (exact) mass is 834 g/mol. The normalized spacial score (nSPS) is 25.0. The maximum atomic E-state index is 5.46. The van der Waals surface area contributed by atoms with E-state index in [-0.39, 0.29) is 17.1 Å². The van der Waals surface area contributed by atoms with E-state index in [0.29, 0.717) is 28.2 Å². The van der Waals surface area contributed by atoms with Gasteiger partial charge in [-0.2, -0.15) is 20.4 Å². The van der Waals surface area contributed by atoms with Crippen LogP contribution in [0.25, 0.3) is 10.6 Å². The molecule has 6 rings (SSSR count). The van der Waals surface area contributed by atoms with Gasteiger partial charge in [-0.15, -0.1) is 24.9 Å². The number of piperidine rings is 1. The number of hydrogen-bond acceptors (Lipinski definition) is 6. The maximum Gasteiger partial charge on any atom is 2.00 e. The van der Waals surface area contributed by atoms with Gasteiger partial charge in [0.1, 0.15) is 0 Å². The third-order valence-corrected chi connectivity index (χ3v) is 10.5. The Hall–Kier alpha value is -0.421. The summed E-state index contributed by atoms with van der Waals surface area (Å²) < 4.78 is 0. The first-order chi connectivity index (χ1) is 23.1. The van der Waals surface area contributed by atoms with Crippen LogP contribution < -0.4 is 0 Å². The number of likely N-dealkylation sites (tertiary alicyclic amines) is 2. The molecule has 4 aliphatic heterocycles. The van der Waals surface area contributed by atoms with Crippen molar-refractivity contribution < 1.29 is 50.4 Å². The number of hydrogen-bond donors (Lipinski definition) is 0. The molecule has 4 heterocycles. The molecule has 48 heavy (non-hydrogen) atoms. The van der Waals surface area contributed by atoms with Gasteiger partial charge < -0.3 is 45.7 Å². The van der Waals surface area contributed by atoms with Crippen LogP contribution in [0.1, 0.15) is 109 Å². The van der Waals surface area contributed by atoms with Gasteiger partial charge in [0, 0.05) is 48.1 Å². The van der Waals surface area contributed by atoms with E-state index >= 15 is 0 Å². The van der Waals surface area contributed by atoms with Crippen molar-refractivity contribution in [1.82, 2.24) is 9.80 Å². The molecule has 0 bridgehead atoms. The topological polar surface area (TPSA) is 84.1 Å². The molecule has 0 N–H and O–H groups in total. The molecule has 2 saturated carbocycles. The number of rotatable bonds is 6. The van der Waals surface area contributed by atoms with Gasteiger partial charge in [0.15, 0.2) is 0 Å². The SMILES string of the molecule is [ClH+][Cu][ClH+].[Cu+2].[S-]/C(=N/N=C(\C1=CC=CC[N-]1)C1CCCCC1)N1CCCC1.[S-]/C(=N/N=C(\C1CCCCC1)C1CCCC[N-]1)N1CCCC1. The predicted molar refractivity (Wildman–Crippen MR) is 193 cm³/mol. The summed E-state index contributed by atoms with van der Waals surface area (Å²) in [5, 5.41) is 28.8. The Morgan fingerprint density at radius 3 is 1.71 bits per heavy atom. The third-order valence-electron chi connectivity index (χ3n) is 9.86. The van der Waals surface area contributed by atoms with Crippen LogP contribution in [0, 0.1) is 32.0 Å². The van der Waals surface area contributed by atoms with Crippen LogP contribution in [0.15, 0.2) is 44.3 Å². The first kappa shape index (κ1) is 42.0. The molecule has 6 aliphatic rings. The minimum absolute atomic E-state index is 0. The van der Waals surface area contributed by atoms with E-state index in [1.807, 2.05) is 0 Å². The molecule has 0 amide bonds. The molecular weight excluding hydrogens is 783 g/mol. The Bertz CT molecular complexity index is 1090. The van der Waals surface area contributed by atoms with Gasteiger partial charge >= 0.3 is 50.4 Å². The molecule has 8 nitrogen and oxygen atoms in total. The molecule has 1 unspecified atom stereocenters. The van der Waals surface area contributed by atoms with Gasteiger partial charge in [-0.3, -0.25) is 0 Å². The molecule has 0 aromatic rings. The third kappa shape index (κ3) is 14.3. The molecule has 278 valence electrons. The predicted octanol–water partition coefficient (Wildman–Crippen LogP) is 7.06. The summed E-state index contributed by atoms with van der Waals surface area (Å²) in [7, 11) is 8.23. The fourth-order valence-corrected chi connectivity index (χ4v) is 7.74. The standard InChI is InChI=1S/C17H29N4S.C17H25N4S.2ClH.2Cu/c2*22-17(21-12-6-7-13-21)20-19-16(14-8-2-1-3-9-14)15-10-4-5-11-18-15;;;;/h14-15H,1-13H2,(H,20,22);4-5,10,14H,1-3,6-9,11-13H2,(H,20,22);2*1H;;/q2*-1;;;2*+2/p-2/b19-16+;19-16-;;;;. The van der Waals surface area contributed by atoms with E-state index in [2.05, 4.69) is 73.9 Å². The van der Waals surface area contributed by atoms with E-state index in [4.69, 9.17) is 30.6 Å². The molecule has 1 radical (unpaired) electrons. The Morgan fingerprint density at radius 1 is 0.688 bits per heavy atom. The molecule has 5 fully saturated rings. The number of allylic oxidation sites excluding steroid dienone is 3. The molecule has 0 spiro atoms. The summed E-state index contributed by atoms with van der Waals surface area (Å²) in [5.74, 6) is 1.08. The Balaban J connectivity index is 0.000000236. The second-order valence-corrected chi connectivity index (χ2v) is 15.7. The van der Waals surface area contributed by atoms with Gasteiger partial charge in [0.2, 0.25) is 0 Å². The summed E-state index contributed by atoms with van der Waals surface area (Å²) in [4.78, 5) is 4.35. The summed E-state index contributed by atoms with van der Waals surface area (Å²) in [6.07, 6.45) is 27.6. The van der Waals surface area contributed by atoms with Crippen LogP contribution in [0.3, 0.4) is 0 Å². The number of halogens is 2. The first-order valence-corrected chi connectivity index (χ1v) is 21.4. The fourth-order valence-electron chi connectivity index (χ4n) is 7.30. The maximum absolute atomic E-state index is 5.46. The largest absolute Gasteiger partial charge is 2.00 e. The van der Waals surface area contributed by atoms with Crippen molar-refractivity contribution in [1.29, 1.82) is 0 Å². The summed E-state index contributed by atoms with van der Waals surface area (Å²) >= 11 is 11.9. The van der Waals surface area contributed by atoms with E-state index in [1.54, 1.807) is 0 Å². The van der Waals surface area contributed by atoms with Crippen molar-refractivity contribution in [3.63, 3.8) is 0 Å². The van der Waals surface area contributed by atoms with Crippen molar-refractivity contribution >= 4 is 47.0 Å². The van der Waals surface area contributed by atoms with E-state index < -0.39 is 0 Å². The zero-order valence-corrected chi connectivity index (χ0v) is 33.2. The first-order valence-electron chi connectivity index (χ1n) is 17.8. The van der Waals surface area contributed by atoms with Gasteiger partial charge in [0.05, 0.1) is 5.71 Å². The number of nitrogens with zero attached hydrogens (tertiary/aromatic N) is 8. The quantitative estimate of drug-likeness (QED) is 0.0945. The number of amidine groups is 2.